The summed E-state index contributed by atoms with van der Waals surface area (Å²) >= 11 is 0.699. The molecule has 0 saturated heterocycles. The van der Waals surface area contributed by atoms with Crippen LogP contribution >= 0.6 is 11.3 Å². The Kier molecular flexibility index (Phi) is 7.69. The van der Waals surface area contributed by atoms with Gasteiger partial charge in [0.05, 0.1) is 18.2 Å². The first kappa shape index (κ1) is 28.8. The van der Waals surface area contributed by atoms with Gasteiger partial charge in [0.2, 0.25) is 0 Å². The van der Waals surface area contributed by atoms with E-state index in [0.717, 1.165) is 50.3 Å². The van der Waals surface area contributed by atoms with Crippen LogP contribution in [-0.4, -0.2) is 31.6 Å². The van der Waals surface area contributed by atoms with E-state index in [1.807, 2.05) is 4.72 Å². The second-order valence-corrected chi connectivity index (χ2v) is 12.7. The highest BCUT2D eigenvalue weighted by Gasteiger charge is 2.36. The Morgan fingerprint density at radius 2 is 1.85 bits per heavy atom. The molecule has 4 rings (SSSR count). The van der Waals surface area contributed by atoms with Crippen molar-refractivity contribution in [3.63, 3.8) is 0 Å². The summed E-state index contributed by atoms with van der Waals surface area (Å²) in [5, 5.41) is 9.33. The lowest BCUT2D eigenvalue weighted by molar-refractivity contribution is -0.137. The zero-order chi connectivity index (χ0) is 28.8. The Hall–Kier alpha value is -3.19. The number of aromatic carboxylic acids is 1. The van der Waals surface area contributed by atoms with Gasteiger partial charge in [-0.3, -0.25) is 4.72 Å². The van der Waals surface area contributed by atoms with Gasteiger partial charge in [-0.15, -0.1) is 11.3 Å². The van der Waals surface area contributed by atoms with Crippen molar-refractivity contribution in [2.75, 3.05) is 11.8 Å². The minimum absolute atomic E-state index is 0.00185. The highest BCUT2D eigenvalue weighted by Crippen LogP contribution is 2.45. The van der Waals surface area contributed by atoms with Crippen LogP contribution in [0.1, 0.15) is 66.9 Å². The van der Waals surface area contributed by atoms with Crippen molar-refractivity contribution in [3.05, 3.63) is 58.2 Å². The van der Waals surface area contributed by atoms with E-state index in [1.165, 1.54) is 6.07 Å². The smallest absolute Gasteiger partial charge is 0.417 e. The summed E-state index contributed by atoms with van der Waals surface area (Å²) < 4.78 is 89.7. The number of nitrogens with one attached hydrogen (secondary N) is 1. The molecule has 0 spiro atoms. The Morgan fingerprint density at radius 1 is 1.18 bits per heavy atom. The molecule has 1 fully saturated rings. The minimum atomic E-state index is -4.70. The number of carbonyl (C=O) groups is 1. The predicted molar refractivity (Wildman–Crippen MR) is 138 cm³/mol. The minimum Gasteiger partial charge on any atom is -0.494 e. The molecule has 0 radical (unpaired) electrons. The first-order chi connectivity index (χ1) is 18.1. The maximum Gasteiger partial charge on any atom is 0.417 e. The fourth-order valence-corrected chi connectivity index (χ4v) is 6.84. The average Bonchev–Trinajstić information content (AvgIpc) is 3.35. The molecule has 2 aromatic carbocycles. The van der Waals surface area contributed by atoms with E-state index in [2.05, 4.69) is 18.8 Å². The maximum absolute atomic E-state index is 14.6. The molecule has 2 N–H and O–H groups in total. The summed E-state index contributed by atoms with van der Waals surface area (Å²) in [7, 11) is -3.48. The third-order valence-corrected chi connectivity index (χ3v) is 9.16. The molecule has 210 valence electrons. The lowest BCUT2D eigenvalue weighted by Crippen LogP contribution is -2.20. The molecule has 0 unspecified atom stereocenters. The number of aromatic nitrogens is 1. The molecule has 1 aliphatic rings. The van der Waals surface area contributed by atoms with Crippen molar-refractivity contribution in [2.45, 2.75) is 56.7 Å². The van der Waals surface area contributed by atoms with E-state index in [-0.39, 0.29) is 21.9 Å². The number of anilines is 1. The van der Waals surface area contributed by atoms with Gasteiger partial charge in [-0.1, -0.05) is 26.0 Å². The number of benzene rings is 2. The first-order valence-electron chi connectivity index (χ1n) is 11.9. The Morgan fingerprint density at radius 3 is 2.44 bits per heavy atom. The van der Waals surface area contributed by atoms with Crippen molar-refractivity contribution >= 4 is 33.0 Å². The van der Waals surface area contributed by atoms with Crippen molar-refractivity contribution in [3.8, 4) is 16.3 Å². The second kappa shape index (κ2) is 10.4. The van der Waals surface area contributed by atoms with Crippen LogP contribution in [0.2, 0.25) is 0 Å². The summed E-state index contributed by atoms with van der Waals surface area (Å²) in [5.41, 5.74) is -1.56. The second-order valence-electron chi connectivity index (χ2n) is 10.2. The van der Waals surface area contributed by atoms with E-state index in [9.17, 15) is 30.8 Å². The molecule has 7 nitrogen and oxygen atoms in total. The molecule has 13 heteroatoms. The Balaban J connectivity index is 1.66. The molecule has 1 saturated carbocycles. The van der Waals surface area contributed by atoms with Gasteiger partial charge in [-0.05, 0) is 60.8 Å². The first-order valence-corrected chi connectivity index (χ1v) is 14.3. The summed E-state index contributed by atoms with van der Waals surface area (Å²) in [6.07, 6.45) is -1.33. The van der Waals surface area contributed by atoms with Crippen LogP contribution in [0.3, 0.4) is 0 Å². The van der Waals surface area contributed by atoms with Crippen LogP contribution < -0.4 is 9.46 Å². The van der Waals surface area contributed by atoms with Crippen LogP contribution in [-0.2, 0) is 16.2 Å². The number of methoxy groups -OCH3 is 1. The molecule has 0 aliphatic heterocycles. The van der Waals surface area contributed by atoms with E-state index < -0.39 is 55.6 Å². The number of alkyl halides is 3. The number of halogens is 4. The molecule has 1 aromatic heterocycles. The van der Waals surface area contributed by atoms with Crippen LogP contribution in [0.5, 0.6) is 5.75 Å². The molecule has 0 amide bonds. The number of hydrogen-bond donors (Lipinski definition) is 2. The number of carboxylic acid groups (broad SMARTS) is 1. The zero-order valence-electron chi connectivity index (χ0n) is 21.2. The highest BCUT2D eigenvalue weighted by molar-refractivity contribution is 7.92. The standard InChI is InChI=1S/C26H26F4N2O5S2/c1-25(2)8-6-14(7-9-25)15-4-5-17(18(10-15)26(28,29)30)23-31-21(13-38-23)39(35,36)32-22-19(27)11-16(24(33)34)12-20(22)37-3/h4-5,10-14,32H,6-9H2,1-3H3,(H,33,34). The summed E-state index contributed by atoms with van der Waals surface area (Å²) in [6.45, 7) is 4.29. The number of thiazole rings is 1. The van der Waals surface area contributed by atoms with E-state index in [4.69, 9.17) is 9.84 Å². The molecule has 3 aromatic rings. The molecule has 39 heavy (non-hydrogen) atoms. The van der Waals surface area contributed by atoms with E-state index in [1.54, 1.807) is 6.07 Å². The largest absolute Gasteiger partial charge is 0.494 e. The summed E-state index contributed by atoms with van der Waals surface area (Å²) in [5.74, 6) is -3.06. The van der Waals surface area contributed by atoms with Gasteiger partial charge in [0.1, 0.15) is 16.4 Å². The van der Waals surface area contributed by atoms with Crippen LogP contribution in [0.15, 0.2) is 40.7 Å². The van der Waals surface area contributed by atoms with E-state index >= 15 is 0 Å². The van der Waals surface area contributed by atoms with Gasteiger partial charge in [-0.2, -0.15) is 21.6 Å². The lowest BCUT2D eigenvalue weighted by atomic mass is 9.71. The monoisotopic (exact) mass is 586 g/mol. The molecular weight excluding hydrogens is 560 g/mol. The van der Waals surface area contributed by atoms with Crippen LogP contribution in [0.4, 0.5) is 23.2 Å². The van der Waals surface area contributed by atoms with Crippen LogP contribution in [0.25, 0.3) is 10.6 Å². The fraction of sp³-hybridized carbons (Fsp3) is 0.385. The van der Waals surface area contributed by atoms with Gasteiger partial charge in [0, 0.05) is 10.9 Å². The zero-order valence-corrected chi connectivity index (χ0v) is 22.9. The van der Waals surface area contributed by atoms with Gasteiger partial charge < -0.3 is 9.84 Å². The third-order valence-electron chi connectivity index (χ3n) is 6.91. The number of sulfonamides is 1. The number of carboxylic acids is 1. The normalized spacial score (nSPS) is 16.2. The third kappa shape index (κ3) is 6.19. The van der Waals surface area contributed by atoms with Crippen molar-refractivity contribution in [1.82, 2.24) is 4.98 Å². The maximum atomic E-state index is 14.6. The molecule has 1 heterocycles. The molecule has 0 bridgehead atoms. The summed E-state index contributed by atoms with van der Waals surface area (Å²) in [4.78, 5) is 15.1. The van der Waals surface area contributed by atoms with Crippen LogP contribution in [0, 0.1) is 11.2 Å². The van der Waals surface area contributed by atoms with E-state index in [0.29, 0.717) is 23.0 Å². The number of nitrogens with zero attached hydrogens (tertiary/aromatic N) is 1. The van der Waals surface area contributed by atoms with Crippen molar-refractivity contribution < 1.29 is 40.6 Å². The Bertz CT molecular complexity index is 1510. The van der Waals surface area contributed by atoms with Gasteiger partial charge in [-0.25, -0.2) is 14.2 Å². The van der Waals surface area contributed by atoms with Gasteiger partial charge in [0.15, 0.2) is 10.8 Å². The van der Waals surface area contributed by atoms with Gasteiger partial charge >= 0.3 is 12.1 Å². The summed E-state index contributed by atoms with van der Waals surface area (Å²) in [6, 6.07) is 5.61. The molecular formula is C26H26F4N2O5S2. The molecule has 0 atom stereocenters. The Labute approximate surface area is 226 Å². The van der Waals surface area contributed by atoms with Gasteiger partial charge in [0.25, 0.3) is 10.0 Å². The van der Waals surface area contributed by atoms with Crippen molar-refractivity contribution in [1.29, 1.82) is 0 Å². The number of rotatable bonds is 7. The fourth-order valence-electron chi connectivity index (χ4n) is 4.63. The lowest BCUT2D eigenvalue weighted by Gasteiger charge is -2.34. The number of ether oxygens (including phenoxy) is 1. The predicted octanol–water partition coefficient (Wildman–Crippen LogP) is 7.16. The topological polar surface area (TPSA) is 106 Å². The SMILES string of the molecule is COc1cc(C(=O)O)cc(F)c1NS(=O)(=O)c1csc(-c2ccc(C3CCC(C)(C)CC3)cc2C(F)(F)F)n1. The highest BCUT2D eigenvalue weighted by atomic mass is 32.2. The average molecular weight is 587 g/mol. The van der Waals surface area contributed by atoms with Crippen molar-refractivity contribution in [2.24, 2.45) is 5.41 Å². The molecule has 1 aliphatic carbocycles. The number of hydrogen-bond acceptors (Lipinski definition) is 6. The quantitative estimate of drug-likeness (QED) is 0.285.